The van der Waals surface area contributed by atoms with Gasteiger partial charge in [0.2, 0.25) is 0 Å². The predicted octanol–water partition coefficient (Wildman–Crippen LogP) is 5.27. The van der Waals surface area contributed by atoms with Crippen LogP contribution in [-0.2, 0) is 0 Å². The molecule has 0 aliphatic heterocycles. The molecule has 0 fully saturated rings. The van der Waals surface area contributed by atoms with Gasteiger partial charge in [0.25, 0.3) is 0 Å². The minimum absolute atomic E-state index is 0.371. The maximum atomic E-state index is 13.0. The number of nitrogens with zero attached hydrogens (tertiary/aromatic N) is 1. The summed E-state index contributed by atoms with van der Waals surface area (Å²) in [4.78, 5) is 17.9. The summed E-state index contributed by atoms with van der Waals surface area (Å²) in [6, 6.07) is 24.6. The van der Waals surface area contributed by atoms with Gasteiger partial charge in [-0.3, -0.25) is 0 Å². The number of anilines is 1. The van der Waals surface area contributed by atoms with Crippen molar-refractivity contribution in [3.8, 4) is 28.1 Å². The van der Waals surface area contributed by atoms with Gasteiger partial charge in [-0.2, -0.15) is 0 Å². The predicted molar refractivity (Wildman–Crippen MR) is 120 cm³/mol. The van der Waals surface area contributed by atoms with Crippen molar-refractivity contribution in [1.29, 1.82) is 0 Å². The Morgan fingerprint density at radius 3 is 2.30 bits per heavy atom. The maximum absolute atomic E-state index is 13.0. The molecule has 3 aromatic carbocycles. The van der Waals surface area contributed by atoms with Gasteiger partial charge in [0.1, 0.15) is 11.3 Å². The van der Waals surface area contributed by atoms with Gasteiger partial charge in [-0.05, 0) is 29.8 Å². The van der Waals surface area contributed by atoms with E-state index in [0.29, 0.717) is 33.4 Å². The number of rotatable bonds is 3. The molecule has 0 aliphatic carbocycles. The molecule has 5 aromatic rings. The standard InChI is InChI=1S/C25H18N2O3/c1-29-17-13-11-15(12-14-17)20-21-24(18-9-5-6-10-19(18)30-25(21)28)27-23(22(20)26)16-7-3-2-4-8-16/h2-14H,26H2,1H3. The van der Waals surface area contributed by atoms with Gasteiger partial charge in [0.15, 0.2) is 0 Å². The summed E-state index contributed by atoms with van der Waals surface area (Å²) >= 11 is 0. The number of ether oxygens (including phenoxy) is 1. The average molecular weight is 394 g/mol. The van der Waals surface area contributed by atoms with Crippen LogP contribution in [-0.4, -0.2) is 12.1 Å². The molecule has 0 radical (unpaired) electrons. The lowest BCUT2D eigenvalue weighted by atomic mass is 9.96. The molecule has 5 rings (SSSR count). The van der Waals surface area contributed by atoms with Crippen LogP contribution in [0, 0.1) is 0 Å². The van der Waals surface area contributed by atoms with E-state index in [1.807, 2.05) is 72.8 Å². The Kier molecular flexibility index (Phi) is 4.21. The van der Waals surface area contributed by atoms with Crippen LogP contribution < -0.4 is 16.1 Å². The highest BCUT2D eigenvalue weighted by Gasteiger charge is 2.21. The number of nitrogen functional groups attached to an aromatic ring is 1. The molecule has 30 heavy (non-hydrogen) atoms. The summed E-state index contributed by atoms with van der Waals surface area (Å²) in [6.07, 6.45) is 0. The minimum atomic E-state index is -0.465. The maximum Gasteiger partial charge on any atom is 0.346 e. The summed E-state index contributed by atoms with van der Waals surface area (Å²) in [7, 11) is 1.61. The Balaban J connectivity index is 1.96. The second-order valence-electron chi connectivity index (χ2n) is 6.95. The molecule has 0 atom stereocenters. The van der Waals surface area contributed by atoms with Crippen LogP contribution >= 0.6 is 0 Å². The third-order valence-corrected chi connectivity index (χ3v) is 5.21. The second kappa shape index (κ2) is 7.04. The van der Waals surface area contributed by atoms with Crippen molar-refractivity contribution in [2.24, 2.45) is 0 Å². The number of methoxy groups -OCH3 is 1. The highest BCUT2D eigenvalue weighted by atomic mass is 16.5. The molecule has 146 valence electrons. The highest BCUT2D eigenvalue weighted by molar-refractivity contribution is 6.12. The van der Waals surface area contributed by atoms with E-state index in [0.717, 1.165) is 22.3 Å². The monoisotopic (exact) mass is 394 g/mol. The summed E-state index contributed by atoms with van der Waals surface area (Å²) in [5, 5.41) is 1.13. The lowest BCUT2D eigenvalue weighted by molar-refractivity contribution is 0.415. The molecule has 5 nitrogen and oxygen atoms in total. The van der Waals surface area contributed by atoms with Gasteiger partial charge >= 0.3 is 5.63 Å². The summed E-state index contributed by atoms with van der Waals surface area (Å²) < 4.78 is 10.9. The third-order valence-electron chi connectivity index (χ3n) is 5.21. The van der Waals surface area contributed by atoms with Crippen LogP contribution in [0.25, 0.3) is 44.3 Å². The number of aromatic nitrogens is 1. The van der Waals surface area contributed by atoms with Crippen molar-refractivity contribution >= 4 is 27.6 Å². The summed E-state index contributed by atoms with van der Waals surface area (Å²) in [6.45, 7) is 0. The number of hydrogen-bond donors (Lipinski definition) is 1. The van der Waals surface area contributed by atoms with Crippen molar-refractivity contribution < 1.29 is 9.15 Å². The molecular formula is C25H18N2O3. The molecule has 2 aromatic heterocycles. The van der Waals surface area contributed by atoms with Gasteiger partial charge in [-0.15, -0.1) is 0 Å². The molecule has 5 heteroatoms. The number of para-hydroxylation sites is 1. The summed E-state index contributed by atoms with van der Waals surface area (Å²) in [5.74, 6) is 0.719. The highest BCUT2D eigenvalue weighted by Crippen LogP contribution is 2.39. The van der Waals surface area contributed by atoms with E-state index in [-0.39, 0.29) is 0 Å². The van der Waals surface area contributed by atoms with Gasteiger partial charge < -0.3 is 14.9 Å². The van der Waals surface area contributed by atoms with Crippen molar-refractivity contribution in [2.45, 2.75) is 0 Å². The fraction of sp³-hybridized carbons (Fsp3) is 0.0400. The van der Waals surface area contributed by atoms with E-state index in [9.17, 15) is 4.79 Å². The molecular weight excluding hydrogens is 376 g/mol. The lowest BCUT2D eigenvalue weighted by Gasteiger charge is -2.15. The van der Waals surface area contributed by atoms with Crippen LogP contribution in [0.15, 0.2) is 88.1 Å². The first-order chi connectivity index (χ1) is 14.7. The second-order valence-corrected chi connectivity index (χ2v) is 6.95. The van der Waals surface area contributed by atoms with E-state index in [1.54, 1.807) is 13.2 Å². The van der Waals surface area contributed by atoms with Gasteiger partial charge in [-0.25, -0.2) is 9.78 Å². The molecule has 0 amide bonds. The number of benzene rings is 3. The van der Waals surface area contributed by atoms with Gasteiger partial charge in [0, 0.05) is 16.5 Å². The Bertz CT molecular complexity index is 1440. The van der Waals surface area contributed by atoms with E-state index in [1.165, 1.54) is 0 Å². The Morgan fingerprint density at radius 1 is 0.867 bits per heavy atom. The van der Waals surface area contributed by atoms with E-state index in [2.05, 4.69) is 0 Å². The Hall–Kier alpha value is -4.12. The minimum Gasteiger partial charge on any atom is -0.497 e. The normalized spacial score (nSPS) is 11.1. The number of pyridine rings is 1. The SMILES string of the molecule is COc1ccc(-c2c(N)c(-c3ccccc3)nc3c2c(=O)oc2ccccc23)cc1. The van der Waals surface area contributed by atoms with Gasteiger partial charge in [-0.1, -0.05) is 54.6 Å². The van der Waals surface area contributed by atoms with Gasteiger partial charge in [0.05, 0.1) is 29.4 Å². The number of hydrogen-bond acceptors (Lipinski definition) is 5. The first-order valence-corrected chi connectivity index (χ1v) is 9.52. The van der Waals surface area contributed by atoms with E-state index < -0.39 is 5.63 Å². The third kappa shape index (κ3) is 2.79. The van der Waals surface area contributed by atoms with Crippen molar-refractivity contribution in [3.63, 3.8) is 0 Å². The molecule has 0 saturated heterocycles. The zero-order valence-corrected chi connectivity index (χ0v) is 16.3. The molecule has 2 heterocycles. The van der Waals surface area contributed by atoms with E-state index in [4.69, 9.17) is 19.9 Å². The van der Waals surface area contributed by atoms with Crippen LogP contribution in [0.5, 0.6) is 5.75 Å². The quantitative estimate of drug-likeness (QED) is 0.333. The Morgan fingerprint density at radius 2 is 1.57 bits per heavy atom. The molecule has 0 spiro atoms. The van der Waals surface area contributed by atoms with Crippen LogP contribution in [0.2, 0.25) is 0 Å². The Labute approximate surface area is 172 Å². The van der Waals surface area contributed by atoms with Crippen molar-refractivity contribution in [1.82, 2.24) is 4.98 Å². The fourth-order valence-corrected chi connectivity index (χ4v) is 3.77. The molecule has 0 bridgehead atoms. The first kappa shape index (κ1) is 17.9. The zero-order chi connectivity index (χ0) is 20.7. The zero-order valence-electron chi connectivity index (χ0n) is 16.3. The number of fused-ring (bicyclic) bond motifs is 3. The molecule has 2 N–H and O–H groups in total. The summed E-state index contributed by atoms with van der Waals surface area (Å²) in [5.41, 5.74) is 10.6. The lowest BCUT2D eigenvalue weighted by Crippen LogP contribution is -2.07. The topological polar surface area (TPSA) is 78.4 Å². The van der Waals surface area contributed by atoms with Crippen molar-refractivity contribution in [3.05, 3.63) is 89.3 Å². The fourth-order valence-electron chi connectivity index (χ4n) is 3.77. The smallest absolute Gasteiger partial charge is 0.346 e. The van der Waals surface area contributed by atoms with E-state index >= 15 is 0 Å². The van der Waals surface area contributed by atoms with Crippen LogP contribution in [0.3, 0.4) is 0 Å². The molecule has 0 saturated carbocycles. The number of nitrogens with two attached hydrogens (primary N) is 1. The van der Waals surface area contributed by atoms with Crippen molar-refractivity contribution in [2.75, 3.05) is 12.8 Å². The first-order valence-electron chi connectivity index (χ1n) is 9.52. The van der Waals surface area contributed by atoms with Crippen LogP contribution in [0.4, 0.5) is 5.69 Å². The van der Waals surface area contributed by atoms with Crippen LogP contribution in [0.1, 0.15) is 0 Å². The average Bonchev–Trinajstić information content (AvgIpc) is 2.79. The largest absolute Gasteiger partial charge is 0.497 e. The molecule has 0 unspecified atom stereocenters. The molecule has 0 aliphatic rings.